The number of likely N-dealkylation sites (N-methyl/N-ethyl adjacent to an activating group) is 2. The molecular weight excluding hydrogens is 258 g/mol. The molecule has 0 spiro atoms. The van der Waals surface area contributed by atoms with Gasteiger partial charge < -0.3 is 20.3 Å². The molecule has 0 aliphatic heterocycles. The molecule has 9 heteroatoms. The summed E-state index contributed by atoms with van der Waals surface area (Å²) in [5.41, 5.74) is 0. The Bertz CT molecular complexity index is 604. The summed E-state index contributed by atoms with van der Waals surface area (Å²) in [5.74, 6) is -0.170. The molecule has 0 saturated heterocycles. The van der Waals surface area contributed by atoms with E-state index in [1.807, 2.05) is 0 Å². The number of nitro groups is 1. The maximum atomic E-state index is 11.3. The summed E-state index contributed by atoms with van der Waals surface area (Å²) in [6.07, 6.45) is 1.59. The fourth-order valence-corrected chi connectivity index (χ4v) is 2.26. The van der Waals surface area contributed by atoms with E-state index in [0.29, 0.717) is 4.96 Å². The summed E-state index contributed by atoms with van der Waals surface area (Å²) in [5, 5.41) is 15.3. The molecule has 0 aliphatic carbocycles. The van der Waals surface area contributed by atoms with Gasteiger partial charge >= 0.3 is 5.82 Å². The zero-order chi connectivity index (χ0) is 13.3. The van der Waals surface area contributed by atoms with E-state index in [1.165, 1.54) is 27.7 Å². The number of carbonyl (C=O) groups is 1. The van der Waals surface area contributed by atoms with Crippen molar-refractivity contribution in [3.63, 3.8) is 0 Å². The first-order chi connectivity index (χ1) is 8.54. The maximum Gasteiger partial charge on any atom is 0.373 e. The van der Waals surface area contributed by atoms with E-state index in [1.54, 1.807) is 18.6 Å². The van der Waals surface area contributed by atoms with Gasteiger partial charge in [-0.2, -0.15) is 9.38 Å². The highest BCUT2D eigenvalue weighted by atomic mass is 32.1. The van der Waals surface area contributed by atoms with Crippen LogP contribution in [0.1, 0.15) is 0 Å². The van der Waals surface area contributed by atoms with Crippen LogP contribution in [0.5, 0.6) is 0 Å². The second-order valence-corrected chi connectivity index (χ2v) is 4.47. The van der Waals surface area contributed by atoms with Crippen molar-refractivity contribution in [3.8, 4) is 0 Å². The molecule has 2 aromatic heterocycles. The van der Waals surface area contributed by atoms with Gasteiger partial charge in [-0.15, -0.1) is 0 Å². The van der Waals surface area contributed by atoms with Gasteiger partial charge in [0.05, 0.1) is 6.54 Å². The fourth-order valence-electron chi connectivity index (χ4n) is 1.56. The van der Waals surface area contributed by atoms with Crippen LogP contribution < -0.4 is 10.2 Å². The van der Waals surface area contributed by atoms with Crippen LogP contribution in [0.25, 0.3) is 4.96 Å². The Morgan fingerprint density at radius 2 is 2.44 bits per heavy atom. The SMILES string of the molecule is CNC(=O)CN(C)c1nc2sccn2c1[N+](=O)[O-]. The third-order valence-electron chi connectivity index (χ3n) is 2.41. The van der Waals surface area contributed by atoms with Crippen molar-refractivity contribution in [3.05, 3.63) is 21.7 Å². The molecular formula is C9H11N5O3S. The molecule has 2 rings (SSSR count). The molecule has 0 unspecified atom stereocenters. The molecule has 0 radical (unpaired) electrons. The van der Waals surface area contributed by atoms with E-state index in [-0.39, 0.29) is 24.1 Å². The molecule has 1 N–H and O–H groups in total. The third-order valence-corrected chi connectivity index (χ3v) is 3.17. The first-order valence-electron chi connectivity index (χ1n) is 5.06. The van der Waals surface area contributed by atoms with Gasteiger partial charge in [0.25, 0.3) is 4.96 Å². The summed E-state index contributed by atoms with van der Waals surface area (Å²) < 4.78 is 1.40. The van der Waals surface area contributed by atoms with Crippen LogP contribution in [0.4, 0.5) is 11.6 Å². The number of imidazole rings is 1. The van der Waals surface area contributed by atoms with Crippen molar-refractivity contribution in [2.24, 2.45) is 0 Å². The minimum atomic E-state index is -0.498. The highest BCUT2D eigenvalue weighted by Crippen LogP contribution is 2.30. The average molecular weight is 269 g/mol. The minimum absolute atomic E-state index is 0.0160. The molecule has 0 fully saturated rings. The van der Waals surface area contributed by atoms with Crippen LogP contribution in [0.15, 0.2) is 11.6 Å². The standard InChI is InChI=1S/C9H11N5O3S/c1-10-6(15)5-12(2)7-8(14(16)17)13-3-4-18-9(13)11-7/h3-4H,5H2,1-2H3,(H,10,15). The van der Waals surface area contributed by atoms with E-state index < -0.39 is 4.92 Å². The van der Waals surface area contributed by atoms with Crippen molar-refractivity contribution in [1.29, 1.82) is 0 Å². The fraction of sp³-hybridized carbons (Fsp3) is 0.333. The molecule has 0 aromatic carbocycles. The van der Waals surface area contributed by atoms with Crippen molar-refractivity contribution in [1.82, 2.24) is 14.7 Å². The maximum absolute atomic E-state index is 11.3. The van der Waals surface area contributed by atoms with Gasteiger partial charge in [-0.05, 0) is 4.92 Å². The van der Waals surface area contributed by atoms with E-state index >= 15 is 0 Å². The van der Waals surface area contributed by atoms with Crippen molar-refractivity contribution in [2.45, 2.75) is 0 Å². The van der Waals surface area contributed by atoms with Crippen LogP contribution in [0.3, 0.4) is 0 Å². The third kappa shape index (κ3) is 1.99. The van der Waals surface area contributed by atoms with Crippen molar-refractivity contribution in [2.75, 3.05) is 25.5 Å². The van der Waals surface area contributed by atoms with E-state index in [4.69, 9.17) is 0 Å². The number of nitrogens with one attached hydrogen (secondary N) is 1. The molecule has 1 amide bonds. The van der Waals surface area contributed by atoms with Crippen LogP contribution in [-0.4, -0.2) is 40.9 Å². The lowest BCUT2D eigenvalue weighted by atomic mass is 10.5. The van der Waals surface area contributed by atoms with Gasteiger partial charge in [0.15, 0.2) is 0 Å². The van der Waals surface area contributed by atoms with Gasteiger partial charge in [-0.1, -0.05) is 11.3 Å². The van der Waals surface area contributed by atoms with Gasteiger partial charge in [0.1, 0.15) is 6.20 Å². The van der Waals surface area contributed by atoms with Crippen LogP contribution >= 0.6 is 11.3 Å². The molecule has 8 nitrogen and oxygen atoms in total. The molecule has 2 aromatic rings. The van der Waals surface area contributed by atoms with E-state index in [9.17, 15) is 14.9 Å². The Morgan fingerprint density at radius 3 is 3.06 bits per heavy atom. The number of rotatable bonds is 4. The summed E-state index contributed by atoms with van der Waals surface area (Å²) in [6, 6.07) is 0. The number of aromatic nitrogens is 2. The Labute approximate surface area is 106 Å². The monoisotopic (exact) mass is 269 g/mol. The molecule has 18 heavy (non-hydrogen) atoms. The highest BCUT2D eigenvalue weighted by Gasteiger charge is 2.26. The second-order valence-electron chi connectivity index (χ2n) is 3.60. The summed E-state index contributed by atoms with van der Waals surface area (Å²) in [6.45, 7) is 0.0160. The van der Waals surface area contributed by atoms with Gasteiger partial charge in [-0.3, -0.25) is 4.79 Å². The van der Waals surface area contributed by atoms with Gasteiger partial charge in [0.2, 0.25) is 11.7 Å². The second kappa shape index (κ2) is 4.61. The molecule has 0 saturated carbocycles. The largest absolute Gasteiger partial charge is 0.373 e. The van der Waals surface area contributed by atoms with Crippen LogP contribution in [0.2, 0.25) is 0 Å². The number of anilines is 1. The molecule has 0 atom stereocenters. The minimum Gasteiger partial charge on any atom is -0.358 e. The zero-order valence-corrected chi connectivity index (χ0v) is 10.6. The predicted octanol–water partition coefficient (Wildman–Crippen LogP) is 0.486. The Morgan fingerprint density at radius 1 is 1.72 bits per heavy atom. The molecule has 0 aliphatic rings. The quantitative estimate of drug-likeness (QED) is 0.644. The number of hydrogen-bond acceptors (Lipinski definition) is 6. The van der Waals surface area contributed by atoms with Crippen LogP contribution in [0, 0.1) is 10.1 Å². The number of hydrogen-bond donors (Lipinski definition) is 1. The molecule has 2 heterocycles. The summed E-state index contributed by atoms with van der Waals surface area (Å²) in [4.78, 5) is 28.0. The van der Waals surface area contributed by atoms with Gasteiger partial charge in [0, 0.05) is 19.5 Å². The lowest BCUT2D eigenvalue weighted by Gasteiger charge is -2.14. The Balaban J connectivity index is 2.43. The van der Waals surface area contributed by atoms with Crippen molar-refractivity contribution >= 4 is 33.8 Å². The van der Waals surface area contributed by atoms with E-state index in [2.05, 4.69) is 10.3 Å². The number of amides is 1. The normalized spacial score (nSPS) is 10.6. The van der Waals surface area contributed by atoms with Crippen molar-refractivity contribution < 1.29 is 9.72 Å². The van der Waals surface area contributed by atoms with E-state index in [0.717, 1.165) is 0 Å². The molecule has 96 valence electrons. The summed E-state index contributed by atoms with van der Waals surface area (Å²) >= 11 is 1.30. The number of carbonyl (C=O) groups excluding carboxylic acids is 1. The number of thiazole rings is 1. The lowest BCUT2D eigenvalue weighted by Crippen LogP contribution is -2.33. The van der Waals surface area contributed by atoms with Crippen LogP contribution in [-0.2, 0) is 4.79 Å². The van der Waals surface area contributed by atoms with Gasteiger partial charge in [-0.25, -0.2) is 0 Å². The first-order valence-corrected chi connectivity index (χ1v) is 5.94. The Kier molecular flexibility index (Phi) is 3.15. The number of nitrogens with zero attached hydrogens (tertiary/aromatic N) is 4. The molecule has 0 bridgehead atoms. The first kappa shape index (κ1) is 12.3. The average Bonchev–Trinajstić information content (AvgIpc) is 2.86. The highest BCUT2D eigenvalue weighted by molar-refractivity contribution is 7.15. The summed E-state index contributed by atoms with van der Waals surface area (Å²) in [7, 11) is 3.10. The number of fused-ring (bicyclic) bond motifs is 1. The lowest BCUT2D eigenvalue weighted by molar-refractivity contribution is -0.389. The topological polar surface area (TPSA) is 92.8 Å². The Hall–Kier alpha value is -2.16. The smallest absolute Gasteiger partial charge is 0.358 e. The predicted molar refractivity (Wildman–Crippen MR) is 67.1 cm³/mol. The zero-order valence-electron chi connectivity index (χ0n) is 9.78.